The number of nitrogens with two attached hydrogens (primary N) is 2. The van der Waals surface area contributed by atoms with Gasteiger partial charge in [0.2, 0.25) is 5.89 Å². The van der Waals surface area contributed by atoms with Crippen LogP contribution in [-0.2, 0) is 12.0 Å². The molecule has 21 heavy (non-hydrogen) atoms. The monoisotopic (exact) mass is 307 g/mol. The Morgan fingerprint density at radius 1 is 1.57 bits per heavy atom. The van der Waals surface area contributed by atoms with Crippen molar-refractivity contribution in [3.63, 3.8) is 0 Å². The molecule has 1 saturated carbocycles. The summed E-state index contributed by atoms with van der Waals surface area (Å²) in [5.41, 5.74) is 10.9. The number of carbonyl (C=O) groups is 1. The summed E-state index contributed by atoms with van der Waals surface area (Å²) in [6.45, 7) is 0. The highest BCUT2D eigenvalue weighted by atomic mass is 32.1. The van der Waals surface area contributed by atoms with Crippen molar-refractivity contribution in [3.8, 4) is 0 Å². The van der Waals surface area contributed by atoms with E-state index in [1.54, 1.807) is 0 Å². The number of thiophene rings is 1. The van der Waals surface area contributed by atoms with Crippen LogP contribution in [0.1, 0.15) is 41.9 Å². The van der Waals surface area contributed by atoms with E-state index in [4.69, 9.17) is 16.0 Å². The fourth-order valence-corrected chi connectivity index (χ4v) is 3.16. The first-order valence-corrected chi connectivity index (χ1v) is 7.66. The number of aromatic nitrogens is 2. The zero-order valence-corrected chi connectivity index (χ0v) is 12.2. The van der Waals surface area contributed by atoms with Gasteiger partial charge in [0.1, 0.15) is 0 Å². The van der Waals surface area contributed by atoms with Gasteiger partial charge in [-0.2, -0.15) is 4.98 Å². The van der Waals surface area contributed by atoms with E-state index in [0.29, 0.717) is 18.1 Å². The van der Waals surface area contributed by atoms with Crippen molar-refractivity contribution in [2.75, 3.05) is 0 Å². The van der Waals surface area contributed by atoms with Gasteiger partial charge in [0.15, 0.2) is 5.82 Å². The van der Waals surface area contributed by atoms with Crippen LogP contribution in [0, 0.1) is 0 Å². The predicted molar refractivity (Wildman–Crippen MR) is 77.5 cm³/mol. The standard InChI is InChI=1S/C13H17N5O2S/c14-12(19)16-8(9-3-1-6-21-9)7-10-17-11(18-20-10)13(15)4-2-5-13/h1,3,6,8H,2,4-5,7,15H2,(H3,14,16,19). The normalized spacial score (nSPS) is 18.0. The number of amides is 2. The summed E-state index contributed by atoms with van der Waals surface area (Å²) in [5, 5.41) is 8.61. The molecule has 0 aromatic carbocycles. The molecule has 2 aromatic heterocycles. The Morgan fingerprint density at radius 3 is 2.95 bits per heavy atom. The maximum atomic E-state index is 11.1. The number of nitrogens with one attached hydrogen (secondary N) is 1. The van der Waals surface area contributed by atoms with Crippen molar-refractivity contribution < 1.29 is 9.32 Å². The summed E-state index contributed by atoms with van der Waals surface area (Å²) in [4.78, 5) is 16.5. The number of carbonyl (C=O) groups excluding carboxylic acids is 1. The van der Waals surface area contributed by atoms with Crippen molar-refractivity contribution >= 4 is 17.4 Å². The van der Waals surface area contributed by atoms with Gasteiger partial charge in [-0.05, 0) is 30.7 Å². The Balaban J connectivity index is 1.75. The first kappa shape index (κ1) is 14.0. The van der Waals surface area contributed by atoms with Crippen LogP contribution in [-0.4, -0.2) is 16.2 Å². The molecule has 1 atom stereocenters. The second-order valence-corrected chi connectivity index (χ2v) is 6.28. The summed E-state index contributed by atoms with van der Waals surface area (Å²) in [5.74, 6) is 1.00. The van der Waals surface area contributed by atoms with Gasteiger partial charge in [0, 0.05) is 4.88 Å². The molecule has 0 radical (unpaired) electrons. The summed E-state index contributed by atoms with van der Waals surface area (Å²) >= 11 is 1.54. The first-order valence-electron chi connectivity index (χ1n) is 6.78. The lowest BCUT2D eigenvalue weighted by Gasteiger charge is -2.34. The van der Waals surface area contributed by atoms with E-state index in [1.807, 2.05) is 17.5 Å². The molecular formula is C13H17N5O2S. The van der Waals surface area contributed by atoms with Crippen molar-refractivity contribution in [2.24, 2.45) is 11.5 Å². The van der Waals surface area contributed by atoms with E-state index in [-0.39, 0.29) is 6.04 Å². The second-order valence-electron chi connectivity index (χ2n) is 5.30. The summed E-state index contributed by atoms with van der Waals surface area (Å²) < 4.78 is 5.27. The molecule has 5 N–H and O–H groups in total. The zero-order valence-electron chi connectivity index (χ0n) is 11.4. The SMILES string of the molecule is NC(=O)NC(Cc1nc(C2(N)CCC2)no1)c1cccs1. The third kappa shape index (κ3) is 2.91. The third-order valence-corrected chi connectivity index (χ3v) is 4.73. The van der Waals surface area contributed by atoms with Crippen molar-refractivity contribution in [1.29, 1.82) is 0 Å². The quantitative estimate of drug-likeness (QED) is 0.771. The number of urea groups is 1. The Kier molecular flexibility index (Phi) is 3.64. The van der Waals surface area contributed by atoms with E-state index in [2.05, 4.69) is 15.5 Å². The topological polar surface area (TPSA) is 120 Å². The molecule has 1 unspecified atom stereocenters. The lowest BCUT2D eigenvalue weighted by molar-refractivity contribution is 0.228. The van der Waals surface area contributed by atoms with E-state index < -0.39 is 11.6 Å². The van der Waals surface area contributed by atoms with Gasteiger partial charge >= 0.3 is 6.03 Å². The largest absolute Gasteiger partial charge is 0.352 e. The molecule has 7 nitrogen and oxygen atoms in total. The van der Waals surface area contributed by atoms with Crippen LogP contribution in [0.15, 0.2) is 22.0 Å². The summed E-state index contributed by atoms with van der Waals surface area (Å²) in [6.07, 6.45) is 3.23. The van der Waals surface area contributed by atoms with Crippen molar-refractivity contribution in [3.05, 3.63) is 34.1 Å². The van der Waals surface area contributed by atoms with E-state index in [9.17, 15) is 4.79 Å². The Labute approximate surface area is 125 Å². The lowest BCUT2D eigenvalue weighted by atomic mass is 9.77. The van der Waals surface area contributed by atoms with Crippen LogP contribution in [0.3, 0.4) is 0 Å². The molecule has 1 aliphatic carbocycles. The molecular weight excluding hydrogens is 290 g/mol. The second kappa shape index (κ2) is 5.45. The van der Waals surface area contributed by atoms with Crippen LogP contribution >= 0.6 is 11.3 Å². The first-order chi connectivity index (χ1) is 10.1. The Hall–Kier alpha value is -1.93. The zero-order chi connectivity index (χ0) is 14.9. The molecule has 1 aliphatic rings. The highest BCUT2D eigenvalue weighted by molar-refractivity contribution is 7.10. The average molecular weight is 307 g/mol. The lowest BCUT2D eigenvalue weighted by Crippen LogP contribution is -2.44. The molecule has 8 heteroatoms. The maximum absolute atomic E-state index is 11.1. The number of rotatable bonds is 5. The van der Waals surface area contributed by atoms with Crippen LogP contribution in [0.4, 0.5) is 4.79 Å². The predicted octanol–water partition coefficient (Wildman–Crippen LogP) is 1.42. The fraction of sp³-hybridized carbons (Fsp3) is 0.462. The summed E-state index contributed by atoms with van der Waals surface area (Å²) in [7, 11) is 0. The van der Waals surface area contributed by atoms with Gasteiger partial charge in [0.05, 0.1) is 18.0 Å². The third-order valence-electron chi connectivity index (χ3n) is 3.74. The average Bonchev–Trinajstić information content (AvgIpc) is 3.05. The van der Waals surface area contributed by atoms with Crippen molar-refractivity contribution in [2.45, 2.75) is 37.3 Å². The molecule has 2 heterocycles. The molecule has 2 aromatic rings. The Bertz CT molecular complexity index is 620. The molecule has 2 amide bonds. The van der Waals surface area contributed by atoms with Crippen LogP contribution in [0.2, 0.25) is 0 Å². The number of primary amides is 1. The molecule has 1 fully saturated rings. The number of hydrogen-bond donors (Lipinski definition) is 3. The number of nitrogens with zero attached hydrogens (tertiary/aromatic N) is 2. The highest BCUT2D eigenvalue weighted by Gasteiger charge is 2.39. The smallest absolute Gasteiger partial charge is 0.312 e. The molecule has 112 valence electrons. The molecule has 3 rings (SSSR count). The Morgan fingerprint density at radius 2 is 2.38 bits per heavy atom. The molecule has 0 spiro atoms. The maximum Gasteiger partial charge on any atom is 0.312 e. The van der Waals surface area contributed by atoms with E-state index >= 15 is 0 Å². The minimum Gasteiger partial charge on any atom is -0.352 e. The van der Waals surface area contributed by atoms with Crippen LogP contribution in [0.25, 0.3) is 0 Å². The van der Waals surface area contributed by atoms with Crippen LogP contribution < -0.4 is 16.8 Å². The van der Waals surface area contributed by atoms with Gasteiger partial charge in [0.25, 0.3) is 0 Å². The summed E-state index contributed by atoms with van der Waals surface area (Å²) in [6, 6.07) is 2.99. The van der Waals surface area contributed by atoms with Gasteiger partial charge in [-0.25, -0.2) is 4.79 Å². The molecule has 0 saturated heterocycles. The van der Waals surface area contributed by atoms with E-state index in [1.165, 1.54) is 11.3 Å². The van der Waals surface area contributed by atoms with E-state index in [0.717, 1.165) is 24.1 Å². The minimum absolute atomic E-state index is 0.272. The van der Waals surface area contributed by atoms with Gasteiger partial charge in [-0.15, -0.1) is 11.3 Å². The van der Waals surface area contributed by atoms with Gasteiger partial charge in [-0.1, -0.05) is 11.2 Å². The van der Waals surface area contributed by atoms with Gasteiger partial charge in [-0.3, -0.25) is 0 Å². The molecule has 0 aliphatic heterocycles. The molecule has 0 bridgehead atoms. The van der Waals surface area contributed by atoms with Crippen LogP contribution in [0.5, 0.6) is 0 Å². The highest BCUT2D eigenvalue weighted by Crippen LogP contribution is 2.37. The van der Waals surface area contributed by atoms with Crippen molar-refractivity contribution in [1.82, 2.24) is 15.5 Å². The fourth-order valence-electron chi connectivity index (χ4n) is 2.38. The van der Waals surface area contributed by atoms with Gasteiger partial charge < -0.3 is 21.3 Å². The number of hydrogen-bond acceptors (Lipinski definition) is 6. The minimum atomic E-state index is -0.581.